The van der Waals surface area contributed by atoms with Gasteiger partial charge >= 0.3 is 6.18 Å². The minimum atomic E-state index is -4.79. The van der Waals surface area contributed by atoms with Crippen LogP contribution in [0.1, 0.15) is 41.9 Å². The van der Waals surface area contributed by atoms with E-state index in [1.807, 2.05) is 0 Å². The molecule has 1 heterocycles. The van der Waals surface area contributed by atoms with Crippen molar-refractivity contribution in [3.63, 3.8) is 0 Å². The molecule has 1 aliphatic carbocycles. The highest BCUT2D eigenvalue weighted by Gasteiger charge is 2.35. The van der Waals surface area contributed by atoms with Gasteiger partial charge in [0.05, 0.1) is 18.3 Å². The van der Waals surface area contributed by atoms with Gasteiger partial charge in [-0.15, -0.1) is 0 Å². The SMILES string of the molecule is OCCC(CO)c1cc(F)c(CNCC2CC(Oc3ccc(F)c(C(F)(F)F)c3)C2)c2ccncc12. The lowest BCUT2D eigenvalue weighted by molar-refractivity contribution is -0.140. The first kappa shape index (κ1) is 26.2. The molecule has 0 bridgehead atoms. The lowest BCUT2D eigenvalue weighted by Crippen LogP contribution is -2.39. The first-order chi connectivity index (χ1) is 17.2. The van der Waals surface area contributed by atoms with Crippen molar-refractivity contribution < 1.29 is 36.9 Å². The monoisotopic (exact) mass is 510 g/mol. The van der Waals surface area contributed by atoms with E-state index in [0.29, 0.717) is 48.4 Å². The second-order valence-corrected chi connectivity index (χ2v) is 9.09. The van der Waals surface area contributed by atoms with Crippen LogP contribution in [-0.4, -0.2) is 41.1 Å². The van der Waals surface area contributed by atoms with Gasteiger partial charge in [0.15, 0.2) is 0 Å². The topological polar surface area (TPSA) is 74.6 Å². The molecule has 5 nitrogen and oxygen atoms in total. The van der Waals surface area contributed by atoms with Crippen molar-refractivity contribution in [2.45, 2.75) is 44.0 Å². The van der Waals surface area contributed by atoms with Gasteiger partial charge in [0.2, 0.25) is 0 Å². The van der Waals surface area contributed by atoms with Crippen LogP contribution in [-0.2, 0) is 12.7 Å². The molecule has 3 N–H and O–H groups in total. The molecule has 2 aromatic carbocycles. The number of aliphatic hydroxyl groups is 2. The average Bonchev–Trinajstić information content (AvgIpc) is 2.82. The lowest BCUT2D eigenvalue weighted by Gasteiger charge is -2.35. The largest absolute Gasteiger partial charge is 0.490 e. The predicted molar refractivity (Wildman–Crippen MR) is 123 cm³/mol. The molecule has 3 aromatic rings. The summed E-state index contributed by atoms with van der Waals surface area (Å²) >= 11 is 0. The highest BCUT2D eigenvalue weighted by molar-refractivity contribution is 5.88. The number of aromatic nitrogens is 1. The fourth-order valence-electron chi connectivity index (χ4n) is 4.66. The van der Waals surface area contributed by atoms with E-state index in [0.717, 1.165) is 11.5 Å². The van der Waals surface area contributed by atoms with E-state index in [9.17, 15) is 27.8 Å². The normalized spacial score (nSPS) is 18.8. The maximum atomic E-state index is 15.1. The van der Waals surface area contributed by atoms with Crippen LogP contribution in [0.4, 0.5) is 22.0 Å². The van der Waals surface area contributed by atoms with Gasteiger partial charge in [-0.05, 0) is 73.0 Å². The number of rotatable bonds is 10. The first-order valence-corrected chi connectivity index (χ1v) is 11.7. The molecule has 0 amide bonds. The zero-order chi connectivity index (χ0) is 25.9. The quantitative estimate of drug-likeness (QED) is 0.337. The van der Waals surface area contributed by atoms with Gasteiger partial charge in [0, 0.05) is 42.4 Å². The molecule has 194 valence electrons. The molecular formula is C26H27F5N2O3. The zero-order valence-electron chi connectivity index (χ0n) is 19.4. The molecular weight excluding hydrogens is 483 g/mol. The molecule has 1 aliphatic rings. The second kappa shape index (κ2) is 11.1. The van der Waals surface area contributed by atoms with Gasteiger partial charge in [0.1, 0.15) is 17.4 Å². The number of benzene rings is 2. The molecule has 0 aliphatic heterocycles. The summed E-state index contributed by atoms with van der Waals surface area (Å²) in [6, 6.07) is 5.72. The molecule has 1 unspecified atom stereocenters. The summed E-state index contributed by atoms with van der Waals surface area (Å²) in [7, 11) is 0. The van der Waals surface area contributed by atoms with Crippen LogP contribution in [0.5, 0.6) is 5.75 Å². The van der Waals surface area contributed by atoms with Gasteiger partial charge in [-0.2, -0.15) is 13.2 Å². The Kier molecular flexibility index (Phi) is 8.07. The smallest absolute Gasteiger partial charge is 0.419 e. The number of halogens is 5. The third-order valence-electron chi connectivity index (χ3n) is 6.64. The minimum absolute atomic E-state index is 0.0234. The van der Waals surface area contributed by atoms with Gasteiger partial charge < -0.3 is 20.3 Å². The number of aliphatic hydroxyl groups excluding tert-OH is 2. The molecule has 4 rings (SSSR count). The summed E-state index contributed by atoms with van der Waals surface area (Å²) in [5, 5.41) is 23.6. The van der Waals surface area contributed by atoms with E-state index < -0.39 is 29.3 Å². The van der Waals surface area contributed by atoms with Gasteiger partial charge in [-0.1, -0.05) is 0 Å². The van der Waals surface area contributed by atoms with Crippen molar-refractivity contribution in [3.05, 3.63) is 71.1 Å². The van der Waals surface area contributed by atoms with Gasteiger partial charge in [-0.25, -0.2) is 8.78 Å². The molecule has 0 spiro atoms. The molecule has 1 aromatic heterocycles. The van der Waals surface area contributed by atoms with Crippen LogP contribution in [0.25, 0.3) is 10.8 Å². The van der Waals surface area contributed by atoms with Crippen LogP contribution in [0.3, 0.4) is 0 Å². The van der Waals surface area contributed by atoms with E-state index in [4.69, 9.17) is 4.74 Å². The highest BCUT2D eigenvalue weighted by atomic mass is 19.4. The molecule has 1 saturated carbocycles. The Hall–Kier alpha value is -2.82. The Morgan fingerprint density at radius 3 is 2.53 bits per heavy atom. The molecule has 10 heteroatoms. The maximum Gasteiger partial charge on any atom is 0.419 e. The van der Waals surface area contributed by atoms with Crippen molar-refractivity contribution in [2.75, 3.05) is 19.8 Å². The third kappa shape index (κ3) is 5.77. The van der Waals surface area contributed by atoms with Gasteiger partial charge in [-0.3, -0.25) is 4.98 Å². The molecule has 36 heavy (non-hydrogen) atoms. The second-order valence-electron chi connectivity index (χ2n) is 9.09. The third-order valence-corrected chi connectivity index (χ3v) is 6.64. The molecule has 1 atom stereocenters. The predicted octanol–water partition coefficient (Wildman–Crippen LogP) is 4.94. The number of ether oxygens (including phenoxy) is 1. The van der Waals surface area contributed by atoms with Crippen LogP contribution in [0, 0.1) is 17.6 Å². The summed E-state index contributed by atoms with van der Waals surface area (Å²) in [5.41, 5.74) is -0.283. The minimum Gasteiger partial charge on any atom is -0.490 e. The van der Waals surface area contributed by atoms with Crippen LogP contribution >= 0.6 is 0 Å². The maximum absolute atomic E-state index is 15.1. The summed E-state index contributed by atoms with van der Waals surface area (Å²) in [4.78, 5) is 4.13. The fraction of sp³-hybridized carbons (Fsp3) is 0.423. The lowest BCUT2D eigenvalue weighted by atomic mass is 9.82. The number of hydrogen-bond donors (Lipinski definition) is 3. The summed E-state index contributed by atoms with van der Waals surface area (Å²) in [6.45, 7) is 0.469. The molecule has 0 saturated heterocycles. The van der Waals surface area contributed by atoms with Crippen molar-refractivity contribution in [1.82, 2.24) is 10.3 Å². The first-order valence-electron chi connectivity index (χ1n) is 11.7. The van der Waals surface area contributed by atoms with Crippen LogP contribution in [0.15, 0.2) is 42.7 Å². The average molecular weight is 511 g/mol. The van der Waals surface area contributed by atoms with E-state index in [1.54, 1.807) is 18.5 Å². The molecule has 0 radical (unpaired) electrons. The van der Waals surface area contributed by atoms with Crippen molar-refractivity contribution in [1.29, 1.82) is 0 Å². The number of alkyl halides is 3. The van der Waals surface area contributed by atoms with Crippen molar-refractivity contribution in [2.24, 2.45) is 5.92 Å². The van der Waals surface area contributed by atoms with E-state index in [1.165, 1.54) is 12.1 Å². The van der Waals surface area contributed by atoms with Crippen molar-refractivity contribution in [3.8, 4) is 5.75 Å². The number of fused-ring (bicyclic) bond motifs is 1. The van der Waals surface area contributed by atoms with E-state index in [2.05, 4.69) is 10.3 Å². The number of pyridine rings is 1. The van der Waals surface area contributed by atoms with Crippen LogP contribution in [0.2, 0.25) is 0 Å². The van der Waals surface area contributed by atoms with E-state index in [-0.39, 0.29) is 37.5 Å². The Bertz CT molecular complexity index is 1200. The van der Waals surface area contributed by atoms with Gasteiger partial charge in [0.25, 0.3) is 0 Å². The van der Waals surface area contributed by atoms with E-state index >= 15 is 4.39 Å². The van der Waals surface area contributed by atoms with Crippen molar-refractivity contribution >= 4 is 10.8 Å². The zero-order valence-corrected chi connectivity index (χ0v) is 19.4. The van der Waals surface area contributed by atoms with Crippen LogP contribution < -0.4 is 10.1 Å². The fourth-order valence-corrected chi connectivity index (χ4v) is 4.66. The summed E-state index contributed by atoms with van der Waals surface area (Å²) < 4.78 is 72.7. The Labute approximate surface area is 204 Å². The number of nitrogens with zero attached hydrogens (tertiary/aromatic N) is 1. The Balaban J connectivity index is 1.35. The molecule has 1 fully saturated rings. The summed E-state index contributed by atoms with van der Waals surface area (Å²) in [5.74, 6) is -1.98. The highest BCUT2D eigenvalue weighted by Crippen LogP contribution is 2.36. The Morgan fingerprint density at radius 1 is 1.06 bits per heavy atom. The number of hydrogen-bond acceptors (Lipinski definition) is 5. The number of nitrogens with one attached hydrogen (secondary N) is 1. The Morgan fingerprint density at radius 2 is 1.83 bits per heavy atom. The standard InChI is InChI=1S/C26H27F5N2O3/c27-24-2-1-17(9-23(24)26(29,30)31)36-18-7-15(8-18)11-33-13-22-19-3-5-32-12-21(19)20(10-25(22)28)16(14-35)4-6-34/h1-3,5,9-10,12,15-16,18,33-35H,4,6-8,11,13-14H2. The summed E-state index contributed by atoms with van der Waals surface area (Å²) in [6.07, 6.45) is -0.343.